The number of carbonyl (C=O) groups excluding carboxylic acids is 1. The number of rotatable bonds is 5. The van der Waals surface area contributed by atoms with Crippen LogP contribution in [0.5, 0.6) is 0 Å². The van der Waals surface area contributed by atoms with E-state index in [1.807, 2.05) is 13.0 Å². The number of nitrogens with two attached hydrogens (primary N) is 1. The minimum absolute atomic E-state index is 0.0207. The van der Waals surface area contributed by atoms with Crippen LogP contribution in [0.15, 0.2) is 54.9 Å². The molecule has 0 unspecified atom stereocenters. The number of hydrogen-bond donors (Lipinski definition) is 3. The summed E-state index contributed by atoms with van der Waals surface area (Å²) >= 11 is 1.29. The molecule has 7 nitrogen and oxygen atoms in total. The van der Waals surface area contributed by atoms with Gasteiger partial charge in [0.1, 0.15) is 22.2 Å². The van der Waals surface area contributed by atoms with Gasteiger partial charge in [-0.15, -0.1) is 11.3 Å². The third-order valence-corrected chi connectivity index (χ3v) is 7.42. The average Bonchev–Trinajstić information content (AvgIpc) is 3.35. The van der Waals surface area contributed by atoms with Crippen molar-refractivity contribution in [3.8, 4) is 10.6 Å². The number of anilines is 2. The van der Waals surface area contributed by atoms with E-state index in [1.54, 1.807) is 30.5 Å². The topological polar surface area (TPSA) is 114 Å². The van der Waals surface area contributed by atoms with E-state index in [0.717, 1.165) is 35.9 Å². The Bertz CT molecular complexity index is 1500. The molecular weight excluding hydrogens is 503 g/mol. The predicted octanol–water partition coefficient (Wildman–Crippen LogP) is 5.34. The highest BCUT2D eigenvalue weighted by molar-refractivity contribution is 7.15. The molecule has 4 N–H and O–H groups in total. The fourth-order valence-corrected chi connectivity index (χ4v) is 5.51. The molecule has 3 aromatic heterocycles. The van der Waals surface area contributed by atoms with Gasteiger partial charge in [-0.3, -0.25) is 4.79 Å². The summed E-state index contributed by atoms with van der Waals surface area (Å²) in [6.45, 7) is 1.85. The number of amides is 1. The molecule has 190 valence electrons. The molecule has 0 aliphatic heterocycles. The average molecular weight is 526 g/mol. The largest absolute Gasteiger partial charge is 0.416 e. The summed E-state index contributed by atoms with van der Waals surface area (Å²) in [6.07, 6.45) is 0.127. The van der Waals surface area contributed by atoms with E-state index in [9.17, 15) is 23.1 Å². The molecule has 4 aromatic rings. The van der Waals surface area contributed by atoms with Crippen LogP contribution in [0, 0.1) is 6.92 Å². The quantitative estimate of drug-likeness (QED) is 0.324. The van der Waals surface area contributed by atoms with Gasteiger partial charge in [0, 0.05) is 18.0 Å². The summed E-state index contributed by atoms with van der Waals surface area (Å²) in [5.74, 6) is -0.173. The first kappa shape index (κ1) is 24.8. The van der Waals surface area contributed by atoms with Crippen molar-refractivity contribution < 1.29 is 23.1 Å². The summed E-state index contributed by atoms with van der Waals surface area (Å²) in [6, 6.07) is 10.4. The number of nitrogens with zero attached hydrogens (tertiary/aromatic N) is 3. The van der Waals surface area contributed by atoms with Gasteiger partial charge in [0.05, 0.1) is 16.1 Å². The smallest absolute Gasteiger partial charge is 0.378 e. The summed E-state index contributed by atoms with van der Waals surface area (Å²) in [7, 11) is 0. The Balaban J connectivity index is 1.46. The van der Waals surface area contributed by atoms with Crippen LogP contribution in [0.25, 0.3) is 10.6 Å². The number of alkyl halides is 3. The van der Waals surface area contributed by atoms with Crippen LogP contribution in [0.1, 0.15) is 50.5 Å². The molecule has 1 atom stereocenters. The summed E-state index contributed by atoms with van der Waals surface area (Å²) in [5.41, 5.74) is 6.61. The molecule has 0 radical (unpaired) electrons. The Morgan fingerprint density at radius 2 is 1.95 bits per heavy atom. The monoisotopic (exact) mass is 525 g/mol. The van der Waals surface area contributed by atoms with Crippen LogP contribution in [0.3, 0.4) is 0 Å². The number of carbonyl (C=O) groups is 1. The molecule has 5 rings (SSSR count). The van der Waals surface area contributed by atoms with Gasteiger partial charge < -0.3 is 16.2 Å². The molecule has 1 aliphatic carbocycles. The second-order valence-corrected chi connectivity index (χ2v) is 9.98. The van der Waals surface area contributed by atoms with E-state index in [0.29, 0.717) is 45.4 Å². The summed E-state index contributed by atoms with van der Waals surface area (Å²) in [5, 5.41) is 15.0. The number of aliphatic hydroxyl groups is 1. The third kappa shape index (κ3) is 4.92. The van der Waals surface area contributed by atoms with Crippen molar-refractivity contribution in [2.45, 2.75) is 38.0 Å². The maximum atomic E-state index is 13.1. The lowest BCUT2D eigenvalue weighted by Crippen LogP contribution is -2.32. The molecule has 1 aromatic carbocycles. The zero-order chi connectivity index (χ0) is 26.4. The van der Waals surface area contributed by atoms with E-state index >= 15 is 0 Å². The minimum Gasteiger partial charge on any atom is -0.378 e. The lowest BCUT2D eigenvalue weighted by molar-refractivity contribution is -0.137. The highest BCUT2D eigenvalue weighted by Gasteiger charge is 2.39. The molecule has 11 heteroatoms. The van der Waals surface area contributed by atoms with Crippen LogP contribution < -0.4 is 11.1 Å². The van der Waals surface area contributed by atoms with Gasteiger partial charge in [0.2, 0.25) is 5.91 Å². The lowest BCUT2D eigenvalue weighted by atomic mass is 9.79. The maximum Gasteiger partial charge on any atom is 0.416 e. The molecule has 37 heavy (non-hydrogen) atoms. The number of halogens is 3. The van der Waals surface area contributed by atoms with Crippen LogP contribution in [0.2, 0.25) is 0 Å². The molecule has 0 spiro atoms. The van der Waals surface area contributed by atoms with Crippen molar-refractivity contribution in [1.29, 1.82) is 0 Å². The first-order chi connectivity index (χ1) is 17.5. The zero-order valence-corrected chi connectivity index (χ0v) is 20.5. The number of benzene rings is 1. The molecule has 0 saturated carbocycles. The number of thiazole rings is 1. The molecule has 1 amide bonds. The van der Waals surface area contributed by atoms with Crippen molar-refractivity contribution in [3.63, 3.8) is 0 Å². The normalized spacial score (nSPS) is 17.3. The van der Waals surface area contributed by atoms with Crippen LogP contribution in [-0.2, 0) is 18.2 Å². The zero-order valence-electron chi connectivity index (χ0n) is 19.6. The Morgan fingerprint density at radius 3 is 2.70 bits per heavy atom. The van der Waals surface area contributed by atoms with Gasteiger partial charge in [0.15, 0.2) is 0 Å². The van der Waals surface area contributed by atoms with E-state index in [2.05, 4.69) is 20.3 Å². The Labute approximate surface area is 214 Å². The second kappa shape index (κ2) is 9.24. The van der Waals surface area contributed by atoms with Crippen molar-refractivity contribution in [2.24, 2.45) is 5.73 Å². The number of fused-ring (bicyclic) bond motifs is 1. The van der Waals surface area contributed by atoms with Gasteiger partial charge in [-0.05, 0) is 79.3 Å². The second-order valence-electron chi connectivity index (χ2n) is 8.95. The highest BCUT2D eigenvalue weighted by Crippen LogP contribution is 2.43. The summed E-state index contributed by atoms with van der Waals surface area (Å²) in [4.78, 5) is 25.3. The van der Waals surface area contributed by atoms with Crippen molar-refractivity contribution >= 4 is 28.9 Å². The lowest BCUT2D eigenvalue weighted by Gasteiger charge is -2.33. The Kier molecular flexibility index (Phi) is 6.20. The molecule has 0 bridgehead atoms. The first-order valence-electron chi connectivity index (χ1n) is 11.4. The van der Waals surface area contributed by atoms with E-state index < -0.39 is 23.2 Å². The van der Waals surface area contributed by atoms with Gasteiger partial charge >= 0.3 is 6.18 Å². The van der Waals surface area contributed by atoms with Crippen LogP contribution in [0.4, 0.5) is 24.8 Å². The number of aryl methyl sites for hydroxylation is 2. The molecular formula is C26H22F3N5O2S. The number of nitrogens with one attached hydrogen (secondary N) is 1. The van der Waals surface area contributed by atoms with Crippen LogP contribution >= 0.6 is 11.3 Å². The van der Waals surface area contributed by atoms with Crippen LogP contribution in [-0.4, -0.2) is 26.0 Å². The van der Waals surface area contributed by atoms with E-state index in [4.69, 9.17) is 5.73 Å². The third-order valence-electron chi connectivity index (χ3n) is 6.25. The van der Waals surface area contributed by atoms with Crippen molar-refractivity contribution in [1.82, 2.24) is 15.0 Å². The van der Waals surface area contributed by atoms with Gasteiger partial charge in [-0.2, -0.15) is 13.2 Å². The Hall–Kier alpha value is -3.83. The first-order valence-corrected chi connectivity index (χ1v) is 12.3. The summed E-state index contributed by atoms with van der Waals surface area (Å²) < 4.78 is 39.2. The van der Waals surface area contributed by atoms with Gasteiger partial charge in [-0.25, -0.2) is 15.0 Å². The molecule has 0 fully saturated rings. The SMILES string of the molecule is Cc1cc(Nc2cc(C(F)(F)F)ccn2)nc(-c2cnc([C@]3(O)CCCc4cc(C(N)=O)ccc43)s2)c1. The predicted molar refractivity (Wildman–Crippen MR) is 134 cm³/mol. The number of hydrogen-bond acceptors (Lipinski definition) is 7. The standard InChI is InChI=1S/C26H22F3N5O2S/c1-14-9-19(33-22(10-14)34-21-12-17(6-8-31-21)26(27,28)29)20-13-32-24(37-20)25(36)7-2-3-15-11-16(23(30)35)4-5-18(15)25/h4-6,8-13,36H,2-3,7H2,1H3,(H2,30,35)(H,31,33,34)/t25-/m0/s1. The minimum atomic E-state index is -4.48. The molecule has 1 aliphatic rings. The van der Waals surface area contributed by atoms with E-state index in [-0.39, 0.29) is 5.82 Å². The fraction of sp³-hybridized carbons (Fsp3) is 0.231. The Morgan fingerprint density at radius 1 is 1.14 bits per heavy atom. The number of pyridine rings is 2. The highest BCUT2D eigenvalue weighted by atomic mass is 32.1. The number of aromatic nitrogens is 3. The fourth-order valence-electron chi connectivity index (χ4n) is 4.50. The van der Waals surface area contributed by atoms with E-state index in [1.165, 1.54) is 11.3 Å². The molecule has 0 saturated heterocycles. The van der Waals surface area contributed by atoms with Crippen molar-refractivity contribution in [3.05, 3.63) is 87.7 Å². The molecule has 3 heterocycles. The maximum absolute atomic E-state index is 13.1. The van der Waals surface area contributed by atoms with Gasteiger partial charge in [-0.1, -0.05) is 6.07 Å². The van der Waals surface area contributed by atoms with Crippen molar-refractivity contribution in [2.75, 3.05) is 5.32 Å². The van der Waals surface area contributed by atoms with Gasteiger partial charge in [0.25, 0.3) is 0 Å². The number of primary amides is 1.